The van der Waals surface area contributed by atoms with Crippen molar-refractivity contribution in [2.75, 3.05) is 21.2 Å². The molecule has 0 aromatic heterocycles. The number of rotatable bonds is 11. The maximum absolute atomic E-state index is 14.9. The molecule has 18 atom stereocenters. The van der Waals surface area contributed by atoms with Gasteiger partial charge in [-0.15, -0.1) is 0 Å². The number of carbonyl (C=O) groups is 1. The zero-order valence-electron chi connectivity index (χ0n) is 41.4. The summed E-state index contributed by atoms with van der Waals surface area (Å²) in [4.78, 5) is 16.8. The topological polar surface area (TPSA) is 180 Å². The molecule has 2 aromatic carbocycles. The number of aliphatic hydroxyl groups is 4. The van der Waals surface area contributed by atoms with Gasteiger partial charge in [-0.3, -0.25) is 4.79 Å². The van der Waals surface area contributed by atoms with Crippen molar-refractivity contribution in [1.29, 1.82) is 0 Å². The van der Waals surface area contributed by atoms with Crippen molar-refractivity contribution in [2.45, 2.75) is 186 Å². The van der Waals surface area contributed by atoms with Crippen molar-refractivity contribution < 1.29 is 54.1 Å². The molecule has 1 heterocycles. The van der Waals surface area contributed by atoms with E-state index in [0.717, 1.165) is 16.7 Å². The zero-order chi connectivity index (χ0) is 48.2. The molecule has 5 N–H and O–H groups in total. The fourth-order valence-corrected chi connectivity index (χ4v) is 11.4. The molecule has 13 heteroatoms. The van der Waals surface area contributed by atoms with E-state index in [1.807, 2.05) is 105 Å². The molecule has 2 saturated carbocycles. The Balaban J connectivity index is 1.69. The van der Waals surface area contributed by atoms with Crippen LogP contribution < -0.4 is 0 Å². The lowest BCUT2D eigenvalue weighted by Gasteiger charge is -2.50. The number of aliphatic hydroxyl groups excluding tert-OH is 3. The number of carbonyl (C=O) groups excluding carboxylic acids is 1. The fraction of sp³-hybridized carbons (Fsp3) is 0.731. The smallest absolute Gasteiger partial charge is 0.185 e. The van der Waals surface area contributed by atoms with E-state index in [0.29, 0.717) is 25.7 Å². The normalized spacial score (nSPS) is 42.2. The van der Waals surface area contributed by atoms with Crippen molar-refractivity contribution in [2.24, 2.45) is 40.7 Å². The zero-order valence-corrected chi connectivity index (χ0v) is 41.4. The average Bonchev–Trinajstić information content (AvgIpc) is 3.27. The van der Waals surface area contributed by atoms with Gasteiger partial charge in [-0.1, -0.05) is 108 Å². The SMILES string of the molecule is CC[C@H]1CC(=O)[C@H](C)[C@@H](O[C@@H]2C[C@@H](C)[C@H](O)[C@](C)(OC)C2)[C@H](C)[C@@H](O[C@@H]2O[C@H](C)C[C@H](N(C)C)[C@H]2O)[C@@](C)(OCc2ccc(-c3ccccc3)cc2)C[C@@H](C)/C(=N\O)[C@H](C)[C@@H](O)[C@]1(C)O. The third-order valence-electron chi connectivity index (χ3n) is 15.7. The first-order valence-electron chi connectivity index (χ1n) is 24.0. The van der Waals surface area contributed by atoms with Gasteiger partial charge in [0.05, 0.1) is 65.7 Å². The van der Waals surface area contributed by atoms with Gasteiger partial charge in [0.15, 0.2) is 6.29 Å². The molecule has 2 aromatic rings. The minimum atomic E-state index is -1.73. The summed E-state index contributed by atoms with van der Waals surface area (Å²) >= 11 is 0. The number of nitrogens with zero attached hydrogens (tertiary/aromatic N) is 2. The quantitative estimate of drug-likeness (QED) is 0.113. The Morgan fingerprint density at radius 1 is 0.831 bits per heavy atom. The van der Waals surface area contributed by atoms with E-state index in [1.54, 1.807) is 21.0 Å². The Bertz CT molecular complexity index is 1850. The van der Waals surface area contributed by atoms with E-state index in [4.69, 9.17) is 23.7 Å². The van der Waals surface area contributed by atoms with Crippen LogP contribution in [0.2, 0.25) is 0 Å². The Kier molecular flexibility index (Phi) is 18.0. The summed E-state index contributed by atoms with van der Waals surface area (Å²) in [5.41, 5.74) is -0.610. The van der Waals surface area contributed by atoms with Crippen LogP contribution in [-0.2, 0) is 35.1 Å². The summed E-state index contributed by atoms with van der Waals surface area (Å²) in [6.07, 6.45) is -4.69. The number of likely N-dealkylation sites (N-methyl/N-ethyl adjacent to an activating group) is 1. The van der Waals surface area contributed by atoms with Crippen LogP contribution in [0.1, 0.15) is 113 Å². The van der Waals surface area contributed by atoms with Gasteiger partial charge in [0.25, 0.3) is 0 Å². The molecule has 0 unspecified atom stereocenters. The number of hydrogen-bond acceptors (Lipinski definition) is 13. The Morgan fingerprint density at radius 2 is 1.46 bits per heavy atom. The second-order valence-corrected chi connectivity index (χ2v) is 20.9. The summed E-state index contributed by atoms with van der Waals surface area (Å²) < 4.78 is 34.1. The molecule has 3 aliphatic rings. The molecule has 0 amide bonds. The molecular weight excluding hydrogens is 829 g/mol. The molecule has 1 saturated heterocycles. The van der Waals surface area contributed by atoms with Gasteiger partial charge in [0.2, 0.25) is 0 Å². The number of hydrogen-bond donors (Lipinski definition) is 5. The lowest BCUT2D eigenvalue weighted by Crippen LogP contribution is -2.61. The third-order valence-corrected chi connectivity index (χ3v) is 15.7. The summed E-state index contributed by atoms with van der Waals surface area (Å²) in [5.74, 6) is -3.71. The molecule has 3 fully saturated rings. The summed E-state index contributed by atoms with van der Waals surface area (Å²) in [6.45, 7) is 18.8. The van der Waals surface area contributed by atoms with Crippen LogP contribution in [-0.4, -0.2) is 135 Å². The van der Waals surface area contributed by atoms with Crippen molar-refractivity contribution in [3.05, 3.63) is 60.2 Å². The highest BCUT2D eigenvalue weighted by atomic mass is 16.7. The van der Waals surface area contributed by atoms with Gasteiger partial charge in [-0.2, -0.15) is 0 Å². The highest BCUT2D eigenvalue weighted by molar-refractivity contribution is 5.88. The molecule has 13 nitrogen and oxygen atoms in total. The van der Waals surface area contributed by atoms with Crippen molar-refractivity contribution in [1.82, 2.24) is 4.90 Å². The monoisotopic (exact) mass is 911 g/mol. The molecular formula is C52H82N2O11. The summed E-state index contributed by atoms with van der Waals surface area (Å²) in [7, 11) is 5.43. The van der Waals surface area contributed by atoms with E-state index < -0.39 is 89.3 Å². The van der Waals surface area contributed by atoms with Gasteiger partial charge in [-0.05, 0) is 89.6 Å². The maximum atomic E-state index is 14.9. The van der Waals surface area contributed by atoms with Crippen LogP contribution in [0.15, 0.2) is 59.8 Å². The molecule has 0 radical (unpaired) electrons. The van der Waals surface area contributed by atoms with Crippen molar-refractivity contribution >= 4 is 11.5 Å². The molecule has 5 rings (SSSR count). The number of benzene rings is 2. The van der Waals surface area contributed by atoms with Crippen LogP contribution in [0, 0.1) is 35.5 Å². The number of Topliss-reactive ketones (excluding diaryl/α,β-unsaturated/α-hetero) is 1. The van der Waals surface area contributed by atoms with E-state index in [-0.39, 0.29) is 49.0 Å². The van der Waals surface area contributed by atoms with Crippen LogP contribution >= 0.6 is 0 Å². The maximum Gasteiger partial charge on any atom is 0.185 e. The highest BCUT2D eigenvalue weighted by Crippen LogP contribution is 2.44. The third kappa shape index (κ3) is 11.9. The summed E-state index contributed by atoms with van der Waals surface area (Å²) in [5, 5.41) is 61.9. The minimum Gasteiger partial charge on any atom is -0.411 e. The van der Waals surface area contributed by atoms with E-state index >= 15 is 0 Å². The number of ether oxygens (including phenoxy) is 5. The van der Waals surface area contributed by atoms with Gasteiger partial charge < -0.3 is 54.2 Å². The predicted molar refractivity (Wildman–Crippen MR) is 251 cm³/mol. The first-order valence-corrected chi connectivity index (χ1v) is 24.0. The highest BCUT2D eigenvalue weighted by Gasteiger charge is 2.53. The van der Waals surface area contributed by atoms with Crippen molar-refractivity contribution in [3.8, 4) is 11.1 Å². The van der Waals surface area contributed by atoms with E-state index in [2.05, 4.69) is 29.4 Å². The molecule has 1 aliphatic heterocycles. The molecule has 0 spiro atoms. The molecule has 2 aliphatic carbocycles. The van der Waals surface area contributed by atoms with Crippen LogP contribution in [0.4, 0.5) is 0 Å². The Hall–Kier alpha value is -2.82. The minimum absolute atomic E-state index is 0.0531. The predicted octanol–water partition coefficient (Wildman–Crippen LogP) is 7.27. The van der Waals surface area contributed by atoms with Gasteiger partial charge >= 0.3 is 0 Å². The van der Waals surface area contributed by atoms with Gasteiger partial charge in [0.1, 0.15) is 11.9 Å². The lowest BCUT2D eigenvalue weighted by atomic mass is 9.69. The first kappa shape index (κ1) is 53.1. The van der Waals surface area contributed by atoms with Crippen LogP contribution in [0.5, 0.6) is 0 Å². The molecule has 366 valence electrons. The summed E-state index contributed by atoms with van der Waals surface area (Å²) in [6, 6.07) is 18.0. The lowest BCUT2D eigenvalue weighted by molar-refractivity contribution is -0.307. The van der Waals surface area contributed by atoms with E-state index in [9.17, 15) is 30.4 Å². The second-order valence-electron chi connectivity index (χ2n) is 20.9. The van der Waals surface area contributed by atoms with Crippen molar-refractivity contribution in [3.63, 3.8) is 0 Å². The standard InChI is InChI=1S/C52H82N2O11/c1-14-39-26-42(55)33(5)45(64-40-24-30(2)46(57)50(8,28-40)61-13)35(7)48(65-49-44(56)41(54(11)12)25-32(4)63-49)51(9,27-31(3)43(53-60)34(6)47(58)52(39,10)59)62-29-36-20-22-38(23-21-36)37-18-16-15-17-19-37/h15-23,30-35,39-41,44-49,56-60H,14,24-29H2,1-13H3/b53-43+/t30-,31-,32-,33+,34+,35+,39+,40-,41+,44-,45-,46+,47-,48-,49+,50-,51+,52-/m1/s1. The van der Waals surface area contributed by atoms with E-state index in [1.165, 1.54) is 0 Å². The largest absolute Gasteiger partial charge is 0.411 e. The van der Waals surface area contributed by atoms with Crippen LogP contribution in [0.25, 0.3) is 11.1 Å². The number of methoxy groups -OCH3 is 1. The van der Waals surface area contributed by atoms with Gasteiger partial charge in [0, 0.05) is 49.7 Å². The Labute approximate surface area is 388 Å². The second kappa shape index (κ2) is 22.1. The first-order chi connectivity index (χ1) is 30.5. The number of oxime groups is 1. The fourth-order valence-electron chi connectivity index (χ4n) is 11.4. The average molecular weight is 911 g/mol. The van der Waals surface area contributed by atoms with Gasteiger partial charge in [-0.25, -0.2) is 0 Å². The number of ketones is 1. The molecule has 65 heavy (non-hydrogen) atoms. The van der Waals surface area contributed by atoms with Crippen LogP contribution in [0.3, 0.4) is 0 Å². The molecule has 0 bridgehead atoms. The Morgan fingerprint density at radius 3 is 2.05 bits per heavy atom.